The Morgan fingerprint density at radius 1 is 1.43 bits per heavy atom. The predicted octanol–water partition coefficient (Wildman–Crippen LogP) is 1.80. The van der Waals surface area contributed by atoms with Crippen molar-refractivity contribution in [3.63, 3.8) is 0 Å². The summed E-state index contributed by atoms with van der Waals surface area (Å²) >= 11 is 0. The van der Waals surface area contributed by atoms with Gasteiger partial charge in [-0.1, -0.05) is 6.08 Å². The molecule has 0 aliphatic rings. The maximum Gasteiger partial charge on any atom is 0.154 e. The third-order valence-corrected chi connectivity index (χ3v) is 1.98. The number of imidazole rings is 1. The molecule has 2 heterocycles. The molecule has 0 radical (unpaired) electrons. The minimum absolute atomic E-state index is 0.834. The van der Waals surface area contributed by atoms with Crippen molar-refractivity contribution >= 4 is 17.5 Å². The Morgan fingerprint density at radius 2 is 2.29 bits per heavy atom. The summed E-state index contributed by atoms with van der Waals surface area (Å²) in [5, 5.41) is 7.36. The van der Waals surface area contributed by atoms with Crippen LogP contribution in [0.2, 0.25) is 0 Å². The average molecular weight is 188 g/mol. The summed E-state index contributed by atoms with van der Waals surface area (Å²) in [4.78, 5) is 4.23. The molecule has 4 heteroatoms. The van der Waals surface area contributed by atoms with Crippen LogP contribution in [0.5, 0.6) is 0 Å². The lowest BCUT2D eigenvalue weighted by atomic mass is 10.4. The van der Waals surface area contributed by atoms with E-state index in [4.69, 9.17) is 0 Å². The third kappa shape index (κ3) is 1.35. The molecule has 2 aromatic heterocycles. The van der Waals surface area contributed by atoms with Crippen molar-refractivity contribution < 1.29 is 0 Å². The number of rotatable bonds is 2. The van der Waals surface area contributed by atoms with E-state index in [1.807, 2.05) is 49.0 Å². The van der Waals surface area contributed by atoms with Crippen LogP contribution in [0.1, 0.15) is 12.6 Å². The van der Waals surface area contributed by atoms with Gasteiger partial charge < -0.3 is 5.32 Å². The molecule has 0 aliphatic carbocycles. The molecule has 0 saturated heterocycles. The standard InChI is InChI=1S/C10H12N4/c1-3-4-8-7-12-10-6-5-9(11-2)13-14(8)10/h3-7H,1-2H3,(H,11,13)/b4-3+. The van der Waals surface area contributed by atoms with Crippen molar-refractivity contribution in [3.05, 3.63) is 30.1 Å². The zero-order valence-electron chi connectivity index (χ0n) is 8.23. The largest absolute Gasteiger partial charge is 0.372 e. The number of hydrogen-bond acceptors (Lipinski definition) is 3. The molecule has 14 heavy (non-hydrogen) atoms. The molecule has 72 valence electrons. The second-order valence-electron chi connectivity index (χ2n) is 2.92. The average Bonchev–Trinajstić information content (AvgIpc) is 2.61. The highest BCUT2D eigenvalue weighted by Crippen LogP contribution is 2.09. The molecule has 2 aromatic rings. The minimum atomic E-state index is 0.834. The van der Waals surface area contributed by atoms with E-state index in [-0.39, 0.29) is 0 Å². The molecule has 0 spiro atoms. The van der Waals surface area contributed by atoms with Gasteiger partial charge in [-0.05, 0) is 25.1 Å². The van der Waals surface area contributed by atoms with Gasteiger partial charge in [0.15, 0.2) is 5.65 Å². The van der Waals surface area contributed by atoms with E-state index in [1.165, 1.54) is 0 Å². The number of nitrogens with zero attached hydrogens (tertiary/aromatic N) is 3. The van der Waals surface area contributed by atoms with Crippen LogP contribution >= 0.6 is 0 Å². The number of anilines is 1. The van der Waals surface area contributed by atoms with Gasteiger partial charge >= 0.3 is 0 Å². The van der Waals surface area contributed by atoms with Gasteiger partial charge in [0.1, 0.15) is 5.82 Å². The van der Waals surface area contributed by atoms with Gasteiger partial charge in [0.2, 0.25) is 0 Å². The highest BCUT2D eigenvalue weighted by atomic mass is 15.3. The summed E-state index contributed by atoms with van der Waals surface area (Å²) in [5.41, 5.74) is 1.84. The van der Waals surface area contributed by atoms with Crippen molar-refractivity contribution in [1.82, 2.24) is 14.6 Å². The first-order valence-electron chi connectivity index (χ1n) is 4.50. The lowest BCUT2D eigenvalue weighted by Gasteiger charge is -2.00. The molecule has 0 atom stereocenters. The normalized spacial score (nSPS) is 11.3. The van der Waals surface area contributed by atoms with Crippen LogP contribution in [0.3, 0.4) is 0 Å². The monoisotopic (exact) mass is 188 g/mol. The van der Waals surface area contributed by atoms with Gasteiger partial charge in [-0.2, -0.15) is 0 Å². The lowest BCUT2D eigenvalue weighted by molar-refractivity contribution is 0.929. The van der Waals surface area contributed by atoms with Crippen molar-refractivity contribution in [2.24, 2.45) is 0 Å². The second-order valence-corrected chi connectivity index (χ2v) is 2.92. The molecule has 2 rings (SSSR count). The number of fused-ring (bicyclic) bond motifs is 1. The van der Waals surface area contributed by atoms with Crippen molar-refractivity contribution in [2.75, 3.05) is 12.4 Å². The fourth-order valence-corrected chi connectivity index (χ4v) is 1.31. The van der Waals surface area contributed by atoms with E-state index in [9.17, 15) is 0 Å². The first-order chi connectivity index (χ1) is 6.85. The minimum Gasteiger partial charge on any atom is -0.372 e. The molecule has 0 fully saturated rings. The first-order valence-corrected chi connectivity index (χ1v) is 4.50. The molecule has 0 aromatic carbocycles. The van der Waals surface area contributed by atoms with Gasteiger partial charge in [-0.3, -0.25) is 0 Å². The van der Waals surface area contributed by atoms with Crippen molar-refractivity contribution in [2.45, 2.75) is 6.92 Å². The maximum absolute atomic E-state index is 4.36. The Morgan fingerprint density at radius 3 is 3.00 bits per heavy atom. The van der Waals surface area contributed by atoms with Gasteiger partial charge in [0, 0.05) is 7.05 Å². The molecule has 0 unspecified atom stereocenters. The Bertz CT molecular complexity index is 470. The zero-order valence-corrected chi connectivity index (χ0v) is 8.23. The van der Waals surface area contributed by atoms with E-state index in [0.717, 1.165) is 17.2 Å². The number of aromatic nitrogens is 3. The number of nitrogens with one attached hydrogen (secondary N) is 1. The van der Waals surface area contributed by atoms with E-state index in [1.54, 1.807) is 0 Å². The lowest BCUT2D eigenvalue weighted by Crippen LogP contribution is -1.99. The van der Waals surface area contributed by atoms with E-state index < -0.39 is 0 Å². The summed E-state index contributed by atoms with van der Waals surface area (Å²) in [6.07, 6.45) is 5.76. The Labute approximate surface area is 82.3 Å². The first kappa shape index (κ1) is 8.74. The van der Waals surface area contributed by atoms with Crippen LogP contribution in [0.15, 0.2) is 24.4 Å². The van der Waals surface area contributed by atoms with Crippen LogP contribution in [0.25, 0.3) is 11.7 Å². The van der Waals surface area contributed by atoms with Crippen LogP contribution in [-0.2, 0) is 0 Å². The molecule has 0 amide bonds. The fraction of sp³-hybridized carbons (Fsp3) is 0.200. The summed E-state index contributed by atoms with van der Waals surface area (Å²) < 4.78 is 1.81. The molecule has 0 saturated carbocycles. The highest BCUT2D eigenvalue weighted by molar-refractivity contribution is 5.52. The smallest absolute Gasteiger partial charge is 0.154 e. The fourth-order valence-electron chi connectivity index (χ4n) is 1.31. The molecular formula is C10H12N4. The van der Waals surface area contributed by atoms with E-state index in [0.29, 0.717) is 0 Å². The van der Waals surface area contributed by atoms with Crippen molar-refractivity contribution in [1.29, 1.82) is 0 Å². The Hall–Kier alpha value is -1.84. The number of allylic oxidation sites excluding steroid dienone is 1. The molecule has 1 N–H and O–H groups in total. The quantitative estimate of drug-likeness (QED) is 0.781. The van der Waals surface area contributed by atoms with Crippen LogP contribution < -0.4 is 5.32 Å². The molecular weight excluding hydrogens is 176 g/mol. The van der Waals surface area contributed by atoms with Crippen LogP contribution in [-0.4, -0.2) is 21.6 Å². The number of hydrogen-bond donors (Lipinski definition) is 1. The topological polar surface area (TPSA) is 42.2 Å². The highest BCUT2D eigenvalue weighted by Gasteiger charge is 2.01. The van der Waals surface area contributed by atoms with Gasteiger partial charge in [-0.25, -0.2) is 9.50 Å². The maximum atomic E-state index is 4.36. The second kappa shape index (κ2) is 3.49. The molecule has 0 aliphatic heterocycles. The molecule has 0 bridgehead atoms. The van der Waals surface area contributed by atoms with Crippen LogP contribution in [0.4, 0.5) is 5.82 Å². The molecule has 4 nitrogen and oxygen atoms in total. The summed E-state index contributed by atoms with van der Waals surface area (Å²) in [6, 6.07) is 3.84. The van der Waals surface area contributed by atoms with Crippen LogP contribution in [0, 0.1) is 0 Å². The zero-order chi connectivity index (χ0) is 9.97. The summed E-state index contributed by atoms with van der Waals surface area (Å²) in [5.74, 6) is 0.834. The Kier molecular flexibility index (Phi) is 2.18. The van der Waals surface area contributed by atoms with Gasteiger partial charge in [0.25, 0.3) is 0 Å². The summed E-state index contributed by atoms with van der Waals surface area (Å²) in [7, 11) is 1.85. The van der Waals surface area contributed by atoms with Gasteiger partial charge in [-0.15, -0.1) is 5.10 Å². The Balaban J connectivity index is 2.63. The summed E-state index contributed by atoms with van der Waals surface area (Å²) in [6.45, 7) is 1.97. The third-order valence-electron chi connectivity index (χ3n) is 1.98. The van der Waals surface area contributed by atoms with Gasteiger partial charge in [0.05, 0.1) is 11.9 Å². The predicted molar refractivity (Wildman–Crippen MR) is 57.2 cm³/mol. The van der Waals surface area contributed by atoms with E-state index in [2.05, 4.69) is 15.4 Å². The van der Waals surface area contributed by atoms with E-state index >= 15 is 0 Å². The van der Waals surface area contributed by atoms with Crippen molar-refractivity contribution in [3.8, 4) is 0 Å². The SMILES string of the molecule is C/C=C/c1cnc2ccc(NC)nn12.